The summed E-state index contributed by atoms with van der Waals surface area (Å²) in [5.41, 5.74) is 1.16. The van der Waals surface area contributed by atoms with Gasteiger partial charge < -0.3 is 15.4 Å². The Morgan fingerprint density at radius 2 is 1.57 bits per heavy atom. The SMILES string of the molecule is CNC(=S)Nc1ccc(S(=O)(=O)Nc2ccc(OC)cc2)cc1. The Kier molecular flexibility index (Phi) is 5.41. The summed E-state index contributed by atoms with van der Waals surface area (Å²) >= 11 is 4.99. The highest BCUT2D eigenvalue weighted by molar-refractivity contribution is 7.92. The monoisotopic (exact) mass is 351 g/mol. The van der Waals surface area contributed by atoms with Crippen LogP contribution >= 0.6 is 12.2 Å². The van der Waals surface area contributed by atoms with Gasteiger partial charge in [-0.1, -0.05) is 0 Å². The topological polar surface area (TPSA) is 79.5 Å². The van der Waals surface area contributed by atoms with E-state index in [9.17, 15) is 8.42 Å². The maximum Gasteiger partial charge on any atom is 0.261 e. The molecule has 0 spiro atoms. The van der Waals surface area contributed by atoms with E-state index in [2.05, 4.69) is 15.4 Å². The van der Waals surface area contributed by atoms with Crippen molar-refractivity contribution in [3.63, 3.8) is 0 Å². The Morgan fingerprint density at radius 1 is 1.00 bits per heavy atom. The fraction of sp³-hybridized carbons (Fsp3) is 0.133. The molecule has 0 aromatic heterocycles. The van der Waals surface area contributed by atoms with Gasteiger partial charge in [0.2, 0.25) is 0 Å². The number of sulfonamides is 1. The van der Waals surface area contributed by atoms with Gasteiger partial charge in [0.1, 0.15) is 5.75 Å². The van der Waals surface area contributed by atoms with E-state index >= 15 is 0 Å². The van der Waals surface area contributed by atoms with Crippen LogP contribution in [0.4, 0.5) is 11.4 Å². The van der Waals surface area contributed by atoms with Crippen LogP contribution in [0.5, 0.6) is 5.75 Å². The van der Waals surface area contributed by atoms with Crippen molar-refractivity contribution in [1.29, 1.82) is 0 Å². The van der Waals surface area contributed by atoms with Gasteiger partial charge in [0, 0.05) is 18.4 Å². The number of rotatable bonds is 5. The van der Waals surface area contributed by atoms with Crippen LogP contribution in [-0.4, -0.2) is 27.7 Å². The van der Waals surface area contributed by atoms with Crippen LogP contribution in [0.1, 0.15) is 0 Å². The summed E-state index contributed by atoms with van der Waals surface area (Å²) in [5.74, 6) is 0.656. The van der Waals surface area contributed by atoms with Crippen molar-refractivity contribution >= 4 is 38.7 Å². The van der Waals surface area contributed by atoms with Gasteiger partial charge in [-0.25, -0.2) is 8.42 Å². The lowest BCUT2D eigenvalue weighted by Crippen LogP contribution is -2.24. The molecule has 0 bridgehead atoms. The summed E-state index contributed by atoms with van der Waals surface area (Å²) in [4.78, 5) is 0.161. The summed E-state index contributed by atoms with van der Waals surface area (Å²) in [6.45, 7) is 0. The number of nitrogens with one attached hydrogen (secondary N) is 3. The molecule has 0 aliphatic carbocycles. The minimum atomic E-state index is -3.65. The average Bonchev–Trinajstić information content (AvgIpc) is 2.55. The molecule has 3 N–H and O–H groups in total. The molecule has 0 aliphatic rings. The van der Waals surface area contributed by atoms with Crippen LogP contribution in [-0.2, 0) is 10.0 Å². The van der Waals surface area contributed by atoms with Crippen molar-refractivity contribution in [2.45, 2.75) is 4.90 Å². The molecule has 23 heavy (non-hydrogen) atoms. The fourth-order valence-electron chi connectivity index (χ4n) is 1.78. The van der Waals surface area contributed by atoms with Crippen molar-refractivity contribution in [3.8, 4) is 5.75 Å². The minimum Gasteiger partial charge on any atom is -0.497 e. The zero-order valence-electron chi connectivity index (χ0n) is 12.7. The Hall–Kier alpha value is -2.32. The van der Waals surface area contributed by atoms with Crippen molar-refractivity contribution in [3.05, 3.63) is 48.5 Å². The third kappa shape index (κ3) is 4.57. The first-order chi connectivity index (χ1) is 10.9. The first-order valence-corrected chi connectivity index (χ1v) is 8.59. The second kappa shape index (κ2) is 7.30. The molecule has 0 amide bonds. The van der Waals surface area contributed by atoms with Gasteiger partial charge in [0.15, 0.2) is 5.11 Å². The Morgan fingerprint density at radius 3 is 2.09 bits per heavy atom. The molecule has 0 saturated carbocycles. The number of hydrogen-bond donors (Lipinski definition) is 3. The van der Waals surface area contributed by atoms with Gasteiger partial charge in [-0.2, -0.15) is 0 Å². The lowest BCUT2D eigenvalue weighted by atomic mass is 10.3. The molecule has 0 unspecified atom stereocenters. The molecule has 0 fully saturated rings. The maximum absolute atomic E-state index is 12.3. The molecule has 0 atom stereocenters. The van der Waals surface area contributed by atoms with Crippen LogP contribution in [0.15, 0.2) is 53.4 Å². The number of methoxy groups -OCH3 is 1. The first kappa shape index (κ1) is 17.0. The van der Waals surface area contributed by atoms with Gasteiger partial charge in [-0.05, 0) is 60.7 Å². The molecular formula is C15H17N3O3S2. The van der Waals surface area contributed by atoms with E-state index in [-0.39, 0.29) is 4.90 Å². The predicted molar refractivity (Wildman–Crippen MR) is 95.5 cm³/mol. The van der Waals surface area contributed by atoms with E-state index in [4.69, 9.17) is 17.0 Å². The second-order valence-electron chi connectivity index (χ2n) is 4.56. The van der Waals surface area contributed by atoms with Crippen molar-refractivity contribution in [1.82, 2.24) is 5.32 Å². The van der Waals surface area contributed by atoms with Crippen LogP contribution < -0.4 is 20.1 Å². The average molecular weight is 351 g/mol. The first-order valence-electron chi connectivity index (χ1n) is 6.70. The molecule has 2 aromatic carbocycles. The minimum absolute atomic E-state index is 0.161. The van der Waals surface area contributed by atoms with Gasteiger partial charge in [0.25, 0.3) is 10.0 Å². The summed E-state index contributed by atoms with van der Waals surface area (Å²) in [6.07, 6.45) is 0. The Balaban J connectivity index is 2.13. The number of ether oxygens (including phenoxy) is 1. The van der Waals surface area contributed by atoms with Crippen LogP contribution in [0, 0.1) is 0 Å². The summed E-state index contributed by atoms with van der Waals surface area (Å²) in [6, 6.07) is 12.9. The van der Waals surface area contributed by atoms with E-state index in [1.165, 1.54) is 12.1 Å². The fourth-order valence-corrected chi connectivity index (χ4v) is 2.96. The quantitative estimate of drug-likeness (QED) is 0.718. The van der Waals surface area contributed by atoms with Gasteiger partial charge >= 0.3 is 0 Å². The summed E-state index contributed by atoms with van der Waals surface area (Å²) in [7, 11) is -0.399. The zero-order chi connectivity index (χ0) is 16.9. The summed E-state index contributed by atoms with van der Waals surface area (Å²) < 4.78 is 32.2. The number of benzene rings is 2. The van der Waals surface area contributed by atoms with Gasteiger partial charge in [0.05, 0.1) is 12.0 Å². The van der Waals surface area contributed by atoms with E-state index in [1.807, 2.05) is 0 Å². The smallest absolute Gasteiger partial charge is 0.261 e. The predicted octanol–water partition coefficient (Wildman–Crippen LogP) is 2.41. The third-order valence-corrected chi connectivity index (χ3v) is 4.70. The standard InChI is InChI=1S/C15H17N3O3S2/c1-16-15(22)17-11-5-9-14(10-6-11)23(19,20)18-12-3-7-13(21-2)8-4-12/h3-10,18H,1-2H3,(H2,16,17,22). The lowest BCUT2D eigenvalue weighted by Gasteiger charge is -2.10. The van der Waals surface area contributed by atoms with Crippen molar-refractivity contribution in [2.75, 3.05) is 24.2 Å². The van der Waals surface area contributed by atoms with E-state index < -0.39 is 10.0 Å². The van der Waals surface area contributed by atoms with E-state index in [0.29, 0.717) is 22.2 Å². The second-order valence-corrected chi connectivity index (χ2v) is 6.65. The molecule has 8 heteroatoms. The van der Waals surface area contributed by atoms with Crippen molar-refractivity contribution < 1.29 is 13.2 Å². The van der Waals surface area contributed by atoms with Crippen LogP contribution in [0.3, 0.4) is 0 Å². The van der Waals surface area contributed by atoms with E-state index in [0.717, 1.165) is 0 Å². The highest BCUT2D eigenvalue weighted by Crippen LogP contribution is 2.20. The molecule has 2 rings (SSSR count). The van der Waals surface area contributed by atoms with E-state index in [1.54, 1.807) is 50.6 Å². The molecule has 122 valence electrons. The Labute approximate surface area is 140 Å². The summed E-state index contributed by atoms with van der Waals surface area (Å²) in [5, 5.41) is 6.16. The molecular weight excluding hydrogens is 334 g/mol. The maximum atomic E-state index is 12.3. The van der Waals surface area contributed by atoms with Crippen LogP contribution in [0.25, 0.3) is 0 Å². The lowest BCUT2D eigenvalue weighted by molar-refractivity contribution is 0.415. The third-order valence-electron chi connectivity index (χ3n) is 2.99. The zero-order valence-corrected chi connectivity index (χ0v) is 14.3. The Bertz CT molecular complexity index is 773. The number of thiocarbonyl (C=S) groups is 1. The molecule has 2 aromatic rings. The molecule has 0 heterocycles. The molecule has 0 saturated heterocycles. The normalized spacial score (nSPS) is 10.7. The highest BCUT2D eigenvalue weighted by Gasteiger charge is 2.14. The molecule has 0 aliphatic heterocycles. The van der Waals surface area contributed by atoms with Crippen LogP contribution in [0.2, 0.25) is 0 Å². The molecule has 6 nitrogen and oxygen atoms in total. The van der Waals surface area contributed by atoms with Crippen molar-refractivity contribution in [2.24, 2.45) is 0 Å². The number of hydrogen-bond acceptors (Lipinski definition) is 4. The number of anilines is 2. The van der Waals surface area contributed by atoms with Gasteiger partial charge in [-0.3, -0.25) is 4.72 Å². The highest BCUT2D eigenvalue weighted by atomic mass is 32.2. The molecule has 0 radical (unpaired) electrons. The largest absolute Gasteiger partial charge is 0.497 e. The van der Waals surface area contributed by atoms with Gasteiger partial charge in [-0.15, -0.1) is 0 Å².